The predicted molar refractivity (Wildman–Crippen MR) is 113 cm³/mol. The number of carbonyl (C=O) groups is 1. The lowest BCUT2D eigenvalue weighted by molar-refractivity contribution is 0.206. The maximum Gasteiger partial charge on any atom is 0.317 e. The van der Waals surface area contributed by atoms with Crippen LogP contribution in [-0.4, -0.2) is 47.5 Å². The van der Waals surface area contributed by atoms with Crippen molar-refractivity contribution in [2.45, 2.75) is 18.8 Å². The summed E-state index contributed by atoms with van der Waals surface area (Å²) in [5, 5.41) is 2.88. The van der Waals surface area contributed by atoms with Crippen molar-refractivity contribution >= 4 is 21.7 Å². The van der Waals surface area contributed by atoms with Crippen molar-refractivity contribution in [2.75, 3.05) is 33.1 Å². The molecular formula is C20H28N4O3S. The number of benzene rings is 2. The highest BCUT2D eigenvalue weighted by Gasteiger charge is 2.10. The van der Waals surface area contributed by atoms with Gasteiger partial charge in [0.2, 0.25) is 10.0 Å². The van der Waals surface area contributed by atoms with E-state index in [2.05, 4.69) is 10.0 Å². The molecule has 8 heteroatoms. The zero-order chi connectivity index (χ0) is 20.7. The van der Waals surface area contributed by atoms with Gasteiger partial charge in [-0.3, -0.25) is 0 Å². The van der Waals surface area contributed by atoms with Crippen LogP contribution in [0.2, 0.25) is 0 Å². The third-order valence-electron chi connectivity index (χ3n) is 4.35. The summed E-state index contributed by atoms with van der Waals surface area (Å²) in [5.74, 6) is -0.0640. The minimum absolute atomic E-state index is 0.0640. The first kappa shape index (κ1) is 21.7. The SMILES string of the molecule is CNS(=O)(=O)Cc1ccc(CNC(=O)N(C)Cc2ccc(N(C)C)cc2)cc1. The number of hydrogen-bond donors (Lipinski definition) is 2. The largest absolute Gasteiger partial charge is 0.378 e. The van der Waals surface area contributed by atoms with Crippen LogP contribution < -0.4 is 14.9 Å². The van der Waals surface area contributed by atoms with Gasteiger partial charge in [-0.25, -0.2) is 17.9 Å². The number of sulfonamides is 1. The van der Waals surface area contributed by atoms with E-state index in [9.17, 15) is 13.2 Å². The van der Waals surface area contributed by atoms with Crippen molar-refractivity contribution in [1.29, 1.82) is 0 Å². The molecule has 2 aromatic carbocycles. The molecule has 0 aliphatic heterocycles. The summed E-state index contributed by atoms with van der Waals surface area (Å²) in [5.41, 5.74) is 3.77. The first-order valence-corrected chi connectivity index (χ1v) is 10.6. The van der Waals surface area contributed by atoms with Crippen molar-refractivity contribution in [3.05, 3.63) is 65.2 Å². The second kappa shape index (κ2) is 9.57. The molecule has 0 atom stereocenters. The average Bonchev–Trinajstić information content (AvgIpc) is 2.67. The molecule has 2 aromatic rings. The summed E-state index contributed by atoms with van der Waals surface area (Å²) in [4.78, 5) is 16.0. The summed E-state index contributed by atoms with van der Waals surface area (Å²) < 4.78 is 25.4. The van der Waals surface area contributed by atoms with Crippen molar-refractivity contribution in [1.82, 2.24) is 14.9 Å². The molecule has 2 amide bonds. The number of amides is 2. The van der Waals surface area contributed by atoms with Crippen molar-refractivity contribution in [3.8, 4) is 0 Å². The van der Waals surface area contributed by atoms with Crippen molar-refractivity contribution in [3.63, 3.8) is 0 Å². The van der Waals surface area contributed by atoms with E-state index in [1.807, 2.05) is 55.4 Å². The molecule has 0 unspecified atom stereocenters. The van der Waals surface area contributed by atoms with E-state index >= 15 is 0 Å². The van der Waals surface area contributed by atoms with Gasteiger partial charge < -0.3 is 15.1 Å². The van der Waals surface area contributed by atoms with E-state index in [0.29, 0.717) is 18.7 Å². The number of rotatable bonds is 8. The monoisotopic (exact) mass is 404 g/mol. The Labute approximate surface area is 167 Å². The second-order valence-electron chi connectivity index (χ2n) is 6.86. The minimum atomic E-state index is -3.29. The van der Waals surface area contributed by atoms with E-state index in [1.165, 1.54) is 7.05 Å². The normalized spacial score (nSPS) is 11.1. The van der Waals surface area contributed by atoms with Crippen LogP contribution in [0.3, 0.4) is 0 Å². The summed E-state index contributed by atoms with van der Waals surface area (Å²) in [6.45, 7) is 0.891. The van der Waals surface area contributed by atoms with Gasteiger partial charge >= 0.3 is 6.03 Å². The Hall–Kier alpha value is -2.58. The van der Waals surface area contributed by atoms with Gasteiger partial charge in [-0.05, 0) is 35.9 Å². The molecule has 0 saturated carbocycles. The third-order valence-corrected chi connectivity index (χ3v) is 5.69. The van der Waals surface area contributed by atoms with Crippen LogP contribution in [-0.2, 0) is 28.9 Å². The van der Waals surface area contributed by atoms with Gasteiger partial charge in [0.15, 0.2) is 0 Å². The number of anilines is 1. The third kappa shape index (κ3) is 6.54. The lowest BCUT2D eigenvalue weighted by atomic mass is 10.1. The molecule has 0 bridgehead atoms. The van der Waals surface area contributed by atoms with Crippen LogP contribution >= 0.6 is 0 Å². The van der Waals surface area contributed by atoms with Gasteiger partial charge in [-0.2, -0.15) is 0 Å². The highest BCUT2D eigenvalue weighted by Crippen LogP contribution is 2.13. The van der Waals surface area contributed by atoms with E-state index in [0.717, 1.165) is 16.8 Å². The van der Waals surface area contributed by atoms with Crippen LogP contribution in [0, 0.1) is 0 Å². The molecule has 0 spiro atoms. The molecule has 0 aliphatic carbocycles. The molecule has 0 fully saturated rings. The molecule has 28 heavy (non-hydrogen) atoms. The van der Waals surface area contributed by atoms with Crippen LogP contribution in [0.5, 0.6) is 0 Å². The first-order valence-electron chi connectivity index (χ1n) is 8.94. The van der Waals surface area contributed by atoms with Crippen LogP contribution in [0.25, 0.3) is 0 Å². The van der Waals surface area contributed by atoms with Gasteiger partial charge in [0.1, 0.15) is 0 Å². The van der Waals surface area contributed by atoms with Crippen molar-refractivity contribution < 1.29 is 13.2 Å². The summed E-state index contributed by atoms with van der Waals surface area (Å²) in [6, 6.07) is 15.1. The zero-order valence-electron chi connectivity index (χ0n) is 16.8. The van der Waals surface area contributed by atoms with E-state index in [1.54, 1.807) is 24.1 Å². The van der Waals surface area contributed by atoms with Gasteiger partial charge in [-0.1, -0.05) is 36.4 Å². The van der Waals surface area contributed by atoms with Gasteiger partial charge in [-0.15, -0.1) is 0 Å². The highest BCUT2D eigenvalue weighted by molar-refractivity contribution is 7.88. The Morgan fingerprint density at radius 3 is 1.96 bits per heavy atom. The Bertz CT molecular complexity index is 879. The Morgan fingerprint density at radius 1 is 0.893 bits per heavy atom. The smallest absolute Gasteiger partial charge is 0.317 e. The van der Waals surface area contributed by atoms with Crippen LogP contribution in [0.1, 0.15) is 16.7 Å². The van der Waals surface area contributed by atoms with Crippen LogP contribution in [0.4, 0.5) is 10.5 Å². The van der Waals surface area contributed by atoms with E-state index in [4.69, 9.17) is 0 Å². The number of carbonyl (C=O) groups excluding carboxylic acids is 1. The maximum absolute atomic E-state index is 12.3. The molecule has 0 radical (unpaired) electrons. The average molecular weight is 405 g/mol. The topological polar surface area (TPSA) is 81.8 Å². The van der Waals surface area contributed by atoms with Crippen molar-refractivity contribution in [2.24, 2.45) is 0 Å². The molecule has 152 valence electrons. The predicted octanol–water partition coefficient (Wildman–Crippen LogP) is 2.14. The highest BCUT2D eigenvalue weighted by atomic mass is 32.2. The number of urea groups is 1. The minimum Gasteiger partial charge on any atom is -0.378 e. The number of nitrogens with zero attached hydrogens (tertiary/aromatic N) is 2. The first-order chi connectivity index (χ1) is 13.2. The molecular weight excluding hydrogens is 376 g/mol. The standard InChI is InChI=1S/C20H28N4O3S/c1-21-28(26,27)15-18-7-5-16(6-8-18)13-22-20(25)24(4)14-17-9-11-19(12-10-17)23(2)3/h5-12,21H,13-15H2,1-4H3,(H,22,25). The number of nitrogens with one attached hydrogen (secondary N) is 2. The van der Waals surface area contributed by atoms with Gasteiger partial charge in [0.05, 0.1) is 5.75 Å². The fourth-order valence-electron chi connectivity index (χ4n) is 2.60. The van der Waals surface area contributed by atoms with Crippen LogP contribution in [0.15, 0.2) is 48.5 Å². The lowest BCUT2D eigenvalue weighted by Crippen LogP contribution is -2.36. The lowest BCUT2D eigenvalue weighted by Gasteiger charge is -2.19. The fourth-order valence-corrected chi connectivity index (χ4v) is 3.38. The van der Waals surface area contributed by atoms with Gasteiger partial charge in [0.25, 0.3) is 0 Å². The second-order valence-corrected chi connectivity index (χ2v) is 8.78. The van der Waals surface area contributed by atoms with E-state index in [-0.39, 0.29) is 11.8 Å². The Balaban J connectivity index is 1.85. The molecule has 7 nitrogen and oxygen atoms in total. The molecule has 0 aliphatic rings. The van der Waals surface area contributed by atoms with E-state index < -0.39 is 10.0 Å². The van der Waals surface area contributed by atoms with Gasteiger partial charge in [0, 0.05) is 39.9 Å². The quantitative estimate of drug-likeness (QED) is 0.706. The molecule has 0 heterocycles. The molecule has 0 saturated heterocycles. The summed E-state index contributed by atoms with van der Waals surface area (Å²) >= 11 is 0. The number of hydrogen-bond acceptors (Lipinski definition) is 4. The Kier molecular flexibility index (Phi) is 7.42. The fraction of sp³-hybridized carbons (Fsp3) is 0.350. The summed E-state index contributed by atoms with van der Waals surface area (Å²) in [7, 11) is 3.83. The zero-order valence-corrected chi connectivity index (χ0v) is 17.6. The maximum atomic E-state index is 12.3. The molecule has 2 rings (SSSR count). The molecule has 2 N–H and O–H groups in total. The molecule has 0 aromatic heterocycles. The summed E-state index contributed by atoms with van der Waals surface area (Å²) in [6.07, 6.45) is 0. The Morgan fingerprint density at radius 2 is 1.43 bits per heavy atom.